The Hall–Kier alpha value is -2.46. The maximum absolute atomic E-state index is 13.1. The monoisotopic (exact) mass is 1430 g/mol. The fourth-order valence-corrected chi connectivity index (χ4v) is 13.3. The van der Waals surface area contributed by atoms with Crippen molar-refractivity contribution in [2.45, 2.75) is 412 Å². The number of esters is 4. The van der Waals surface area contributed by atoms with Gasteiger partial charge in [0.15, 0.2) is 12.2 Å². The summed E-state index contributed by atoms with van der Waals surface area (Å²) in [5.41, 5.74) is 0. The molecule has 3 N–H and O–H groups in total. The third kappa shape index (κ3) is 71.9. The first-order valence-corrected chi connectivity index (χ1v) is 43.4. The fraction of sp³-hybridized carbons (Fsp3) is 0.899. The van der Waals surface area contributed by atoms with Crippen LogP contribution in [0.4, 0.5) is 0 Å². The largest absolute Gasteiger partial charge is 0.472 e. The Morgan fingerprint density at radius 3 is 0.837 bits per heavy atom. The van der Waals surface area contributed by atoms with E-state index in [0.717, 1.165) is 109 Å². The van der Waals surface area contributed by atoms with E-state index in [0.29, 0.717) is 25.7 Å². The highest BCUT2D eigenvalue weighted by Gasteiger charge is 2.30. The highest BCUT2D eigenvalue weighted by molar-refractivity contribution is 7.47. The summed E-state index contributed by atoms with van der Waals surface area (Å²) in [6.07, 6.45) is 64.5. The molecule has 0 aliphatic rings. The second kappa shape index (κ2) is 71.5. The molecule has 5 atom stereocenters. The predicted molar refractivity (Wildman–Crippen MR) is 400 cm³/mol. The van der Waals surface area contributed by atoms with Gasteiger partial charge in [-0.15, -0.1) is 0 Å². The number of unbranched alkanes of at least 4 members (excludes halogenated alkanes) is 46. The van der Waals surface area contributed by atoms with E-state index in [9.17, 15) is 43.2 Å². The summed E-state index contributed by atoms with van der Waals surface area (Å²) in [5.74, 6) is -1.35. The molecule has 0 radical (unpaired) electrons. The van der Waals surface area contributed by atoms with Crippen molar-refractivity contribution >= 4 is 39.5 Å². The second-order valence-corrected chi connectivity index (χ2v) is 31.2. The number of phosphoric ester groups is 2. The number of hydrogen-bond donors (Lipinski definition) is 3. The zero-order valence-electron chi connectivity index (χ0n) is 63.4. The van der Waals surface area contributed by atoms with Gasteiger partial charge in [0.1, 0.15) is 19.3 Å². The number of ether oxygens (including phenoxy) is 4. The Kier molecular flexibility index (Phi) is 69.7. The topological polar surface area (TPSA) is 237 Å². The number of phosphoric acid groups is 2. The Morgan fingerprint density at radius 2 is 0.551 bits per heavy atom. The lowest BCUT2D eigenvalue weighted by Crippen LogP contribution is -2.30. The normalized spacial score (nSPS) is 14.1. The highest BCUT2D eigenvalue weighted by atomic mass is 31.2. The lowest BCUT2D eigenvalue weighted by atomic mass is 10.0. The molecule has 19 heteroatoms. The van der Waals surface area contributed by atoms with Gasteiger partial charge < -0.3 is 33.8 Å². The van der Waals surface area contributed by atoms with Crippen molar-refractivity contribution in [2.24, 2.45) is 5.92 Å². The van der Waals surface area contributed by atoms with Crippen LogP contribution in [0.25, 0.3) is 0 Å². The average molecular weight is 1430 g/mol. The molecule has 0 amide bonds. The smallest absolute Gasteiger partial charge is 0.462 e. The van der Waals surface area contributed by atoms with Crippen molar-refractivity contribution < 1.29 is 80.2 Å². The Bertz CT molecular complexity index is 1970. The summed E-state index contributed by atoms with van der Waals surface area (Å²) in [7, 11) is -9.93. The first-order chi connectivity index (χ1) is 47.5. The van der Waals surface area contributed by atoms with Crippen molar-refractivity contribution in [1.29, 1.82) is 0 Å². The molecule has 0 spiro atoms. The van der Waals surface area contributed by atoms with Gasteiger partial charge in [-0.05, 0) is 57.3 Å². The maximum Gasteiger partial charge on any atom is 0.472 e. The lowest BCUT2D eigenvalue weighted by molar-refractivity contribution is -0.161. The van der Waals surface area contributed by atoms with Crippen LogP contribution in [0.3, 0.4) is 0 Å². The number of rotatable bonds is 77. The molecule has 0 fully saturated rings. The zero-order valence-corrected chi connectivity index (χ0v) is 65.2. The molecular formula is C79H150O17P2. The van der Waals surface area contributed by atoms with Gasteiger partial charge in [0.05, 0.1) is 26.4 Å². The third-order valence-electron chi connectivity index (χ3n) is 17.9. The van der Waals surface area contributed by atoms with E-state index in [2.05, 4.69) is 58.9 Å². The molecule has 0 rings (SSSR count). The summed E-state index contributed by atoms with van der Waals surface area (Å²) in [5, 5.41) is 10.6. The molecule has 17 nitrogen and oxygen atoms in total. The van der Waals surface area contributed by atoms with E-state index in [1.54, 1.807) is 0 Å². The van der Waals surface area contributed by atoms with Crippen LogP contribution in [-0.4, -0.2) is 96.7 Å². The van der Waals surface area contributed by atoms with E-state index < -0.39 is 97.5 Å². The first-order valence-electron chi connectivity index (χ1n) is 40.5. The molecule has 98 heavy (non-hydrogen) atoms. The molecule has 0 aromatic heterocycles. The number of carbonyl (C=O) groups excluding carboxylic acids is 4. The molecule has 2 unspecified atom stereocenters. The molecule has 0 heterocycles. The van der Waals surface area contributed by atoms with Gasteiger partial charge in [0.2, 0.25) is 0 Å². The molecule has 0 aromatic carbocycles. The van der Waals surface area contributed by atoms with Crippen molar-refractivity contribution in [3.05, 3.63) is 24.3 Å². The van der Waals surface area contributed by atoms with E-state index in [-0.39, 0.29) is 25.7 Å². The molecule has 0 saturated carbocycles. The van der Waals surface area contributed by atoms with Gasteiger partial charge in [-0.25, -0.2) is 9.13 Å². The quantitative estimate of drug-likeness (QED) is 0.0169. The molecular weight excluding hydrogens is 1280 g/mol. The minimum atomic E-state index is -4.96. The van der Waals surface area contributed by atoms with E-state index in [1.165, 1.54) is 205 Å². The summed E-state index contributed by atoms with van der Waals surface area (Å²) in [6.45, 7) is 7.26. The van der Waals surface area contributed by atoms with Gasteiger partial charge in [-0.1, -0.05) is 341 Å². The Morgan fingerprint density at radius 1 is 0.316 bits per heavy atom. The van der Waals surface area contributed by atoms with Crippen molar-refractivity contribution in [1.82, 2.24) is 0 Å². The van der Waals surface area contributed by atoms with Crippen molar-refractivity contribution in [2.75, 3.05) is 39.6 Å². The number of aliphatic hydroxyl groups is 1. The molecule has 0 aliphatic heterocycles. The van der Waals surface area contributed by atoms with Crippen LogP contribution < -0.4 is 0 Å². The Labute approximate surface area is 599 Å². The first kappa shape index (κ1) is 95.5. The van der Waals surface area contributed by atoms with Crippen LogP contribution in [0.5, 0.6) is 0 Å². The highest BCUT2D eigenvalue weighted by Crippen LogP contribution is 2.45. The maximum atomic E-state index is 13.1. The summed E-state index contributed by atoms with van der Waals surface area (Å²) in [6, 6.07) is 0. The number of aliphatic hydroxyl groups excluding tert-OH is 1. The van der Waals surface area contributed by atoms with Crippen LogP contribution in [-0.2, 0) is 65.4 Å². The van der Waals surface area contributed by atoms with Crippen LogP contribution in [0, 0.1) is 5.92 Å². The SMILES string of the molecule is CCCCCC/C=C\C=C/CCCCCCCC(=O)O[C@H](COC(=O)CCCCCCCCCCCC)COP(=O)(O)OC[C@H](O)COP(=O)(O)OC[C@@H](COC(=O)CCCCCCCCCCCCCCCCCC)OC(=O)CCCCCCCCCCCCCCCCC(C)C. The summed E-state index contributed by atoms with van der Waals surface area (Å²) >= 11 is 0. The Balaban J connectivity index is 5.28. The van der Waals surface area contributed by atoms with E-state index in [1.807, 2.05) is 0 Å². The number of allylic oxidation sites excluding steroid dienone is 4. The summed E-state index contributed by atoms with van der Waals surface area (Å²) in [4.78, 5) is 72.9. The van der Waals surface area contributed by atoms with Gasteiger partial charge in [0.25, 0.3) is 0 Å². The van der Waals surface area contributed by atoms with Crippen LogP contribution >= 0.6 is 15.6 Å². The average Bonchev–Trinajstić information content (AvgIpc) is 1.04. The summed E-state index contributed by atoms with van der Waals surface area (Å²) < 4.78 is 68.6. The number of hydrogen-bond acceptors (Lipinski definition) is 15. The van der Waals surface area contributed by atoms with E-state index >= 15 is 0 Å². The zero-order chi connectivity index (χ0) is 71.9. The van der Waals surface area contributed by atoms with Crippen LogP contribution in [0.15, 0.2) is 24.3 Å². The molecule has 0 bridgehead atoms. The third-order valence-corrected chi connectivity index (χ3v) is 19.8. The van der Waals surface area contributed by atoms with Crippen molar-refractivity contribution in [3.63, 3.8) is 0 Å². The molecule has 0 saturated heterocycles. The van der Waals surface area contributed by atoms with Crippen LogP contribution in [0.1, 0.15) is 394 Å². The molecule has 0 aromatic rings. The molecule has 0 aliphatic carbocycles. The van der Waals surface area contributed by atoms with Crippen molar-refractivity contribution in [3.8, 4) is 0 Å². The minimum absolute atomic E-state index is 0.0855. The van der Waals surface area contributed by atoms with Gasteiger partial charge >= 0.3 is 39.5 Å². The standard InChI is InChI=1S/C79H150O17P2/c1-6-9-12-15-18-21-24-26-28-30-34-38-43-48-53-58-63-77(82)90-69-75(96-79(84)65-60-55-50-45-40-36-32-31-33-37-41-46-51-56-61-72(4)5)71-94-98(87,88)92-67-73(80)66-91-97(85,86)93-70-74(68-89-76(81)62-57-52-47-42-23-20-17-14-11-8-3)95-78(83)64-59-54-49-44-39-35-29-27-25-22-19-16-13-10-7-2/h22,25,27,29,72-75,80H,6-21,23-24,26,28,30-71H2,1-5H3,(H,85,86)(H,87,88)/b25-22-,29-27-/t73-,74+,75+/m0/s1. The van der Waals surface area contributed by atoms with Gasteiger partial charge in [-0.2, -0.15) is 0 Å². The van der Waals surface area contributed by atoms with Gasteiger partial charge in [-0.3, -0.25) is 37.3 Å². The second-order valence-electron chi connectivity index (χ2n) is 28.2. The van der Waals surface area contributed by atoms with E-state index in [4.69, 9.17) is 37.0 Å². The predicted octanol–water partition coefficient (Wildman–Crippen LogP) is 23.2. The van der Waals surface area contributed by atoms with Gasteiger partial charge in [0, 0.05) is 25.7 Å². The van der Waals surface area contributed by atoms with Crippen LogP contribution in [0.2, 0.25) is 0 Å². The fourth-order valence-electron chi connectivity index (χ4n) is 11.7. The molecule has 578 valence electrons. The minimum Gasteiger partial charge on any atom is -0.462 e. The number of carbonyl (C=O) groups is 4. The lowest BCUT2D eigenvalue weighted by Gasteiger charge is -2.21.